The summed E-state index contributed by atoms with van der Waals surface area (Å²) in [6.07, 6.45) is 1.87. The molecule has 108 valence electrons. The van der Waals surface area contributed by atoms with E-state index in [4.69, 9.17) is 0 Å². The highest BCUT2D eigenvalue weighted by atomic mass is 16.3. The van der Waals surface area contributed by atoms with E-state index < -0.39 is 0 Å². The number of hydrogen-bond acceptors (Lipinski definition) is 3. The summed E-state index contributed by atoms with van der Waals surface area (Å²) in [5, 5.41) is 13.6. The van der Waals surface area contributed by atoms with Crippen LogP contribution >= 0.6 is 0 Å². The Labute approximate surface area is 124 Å². The minimum atomic E-state index is -0.162. The number of hydrogen-bond donors (Lipinski definition) is 2. The van der Waals surface area contributed by atoms with Crippen LogP contribution in [0.2, 0.25) is 0 Å². The van der Waals surface area contributed by atoms with Crippen LogP contribution in [0, 0.1) is 13.8 Å². The van der Waals surface area contributed by atoms with E-state index in [2.05, 4.69) is 10.5 Å². The van der Waals surface area contributed by atoms with Crippen LogP contribution in [0.25, 0.3) is 0 Å². The molecule has 0 heterocycles. The lowest BCUT2D eigenvalue weighted by Gasteiger charge is -2.04. The second kappa shape index (κ2) is 6.70. The molecule has 0 unspecified atom stereocenters. The first-order valence-electron chi connectivity index (χ1n) is 6.72. The van der Waals surface area contributed by atoms with E-state index in [1.54, 1.807) is 6.21 Å². The second-order valence-corrected chi connectivity index (χ2v) is 4.96. The Morgan fingerprint density at radius 3 is 2.43 bits per heavy atom. The molecule has 4 nitrogen and oxygen atoms in total. The van der Waals surface area contributed by atoms with Crippen LogP contribution in [-0.2, 0) is 11.2 Å². The van der Waals surface area contributed by atoms with Gasteiger partial charge >= 0.3 is 0 Å². The molecule has 0 atom stereocenters. The molecule has 0 spiro atoms. The predicted octanol–water partition coefficient (Wildman–Crippen LogP) is 2.70. The van der Waals surface area contributed by atoms with E-state index in [0.29, 0.717) is 12.2 Å². The predicted molar refractivity (Wildman–Crippen MR) is 83.5 cm³/mol. The Hall–Kier alpha value is -2.62. The molecular formula is C17H18N2O2. The van der Waals surface area contributed by atoms with Crippen LogP contribution < -0.4 is 5.43 Å². The molecule has 0 saturated carbocycles. The van der Waals surface area contributed by atoms with E-state index in [0.717, 1.165) is 22.3 Å². The van der Waals surface area contributed by atoms with Crippen LogP contribution in [0.1, 0.15) is 22.3 Å². The number of benzene rings is 2. The van der Waals surface area contributed by atoms with Crippen molar-refractivity contribution >= 4 is 12.1 Å². The van der Waals surface area contributed by atoms with E-state index in [9.17, 15) is 9.90 Å². The molecule has 4 heteroatoms. The topological polar surface area (TPSA) is 61.7 Å². The van der Waals surface area contributed by atoms with Gasteiger partial charge in [0.2, 0.25) is 5.91 Å². The van der Waals surface area contributed by atoms with Gasteiger partial charge in [0.25, 0.3) is 0 Å². The highest BCUT2D eigenvalue weighted by Crippen LogP contribution is 2.21. The van der Waals surface area contributed by atoms with Crippen LogP contribution in [0.15, 0.2) is 47.6 Å². The molecule has 0 saturated heterocycles. The van der Waals surface area contributed by atoms with Gasteiger partial charge in [0.15, 0.2) is 0 Å². The minimum Gasteiger partial charge on any atom is -0.507 e. The van der Waals surface area contributed by atoms with Gasteiger partial charge in [-0.05, 0) is 48.2 Å². The Kier molecular flexibility index (Phi) is 4.72. The zero-order chi connectivity index (χ0) is 15.2. The molecule has 0 radical (unpaired) electrons. The van der Waals surface area contributed by atoms with E-state index >= 15 is 0 Å². The smallest absolute Gasteiger partial charge is 0.244 e. The van der Waals surface area contributed by atoms with Crippen molar-refractivity contribution in [1.82, 2.24) is 5.43 Å². The maximum Gasteiger partial charge on any atom is 0.244 e. The van der Waals surface area contributed by atoms with Crippen LogP contribution in [0.3, 0.4) is 0 Å². The summed E-state index contributed by atoms with van der Waals surface area (Å²) in [6, 6.07) is 13.1. The maximum absolute atomic E-state index is 11.7. The number of amides is 1. The molecule has 2 rings (SSSR count). The molecule has 2 N–H and O–H groups in total. The quantitative estimate of drug-likeness (QED) is 0.669. The molecule has 0 bridgehead atoms. The fourth-order valence-electron chi connectivity index (χ4n) is 2.06. The lowest BCUT2D eigenvalue weighted by atomic mass is 10.1. The summed E-state index contributed by atoms with van der Waals surface area (Å²) in [5.74, 6) is 0.130. The zero-order valence-electron chi connectivity index (χ0n) is 12.1. The van der Waals surface area contributed by atoms with E-state index in [1.807, 2.05) is 56.3 Å². The average Bonchev–Trinajstić information content (AvgIpc) is 2.45. The zero-order valence-corrected chi connectivity index (χ0v) is 12.1. The van der Waals surface area contributed by atoms with Gasteiger partial charge in [0.05, 0.1) is 12.6 Å². The summed E-state index contributed by atoms with van der Waals surface area (Å²) in [6.45, 7) is 3.65. The largest absolute Gasteiger partial charge is 0.507 e. The molecule has 0 fully saturated rings. The number of aromatic hydroxyl groups is 1. The number of carbonyl (C=O) groups excluding carboxylic acids is 1. The Balaban J connectivity index is 1.95. The second-order valence-electron chi connectivity index (χ2n) is 4.96. The van der Waals surface area contributed by atoms with E-state index in [-0.39, 0.29) is 5.91 Å². The number of hydrazone groups is 1. The van der Waals surface area contributed by atoms with Crippen molar-refractivity contribution in [1.29, 1.82) is 0 Å². The maximum atomic E-state index is 11.7. The summed E-state index contributed by atoms with van der Waals surface area (Å²) >= 11 is 0. The first kappa shape index (κ1) is 14.8. The SMILES string of the molecule is Cc1cc(/C=N\NC(=O)Cc2ccccc2)cc(C)c1O. The lowest BCUT2D eigenvalue weighted by molar-refractivity contribution is -0.120. The standard InChI is InChI=1S/C17H18N2O2/c1-12-8-15(9-13(2)17(12)21)11-18-19-16(20)10-14-6-4-3-5-7-14/h3-9,11,21H,10H2,1-2H3,(H,19,20)/b18-11-. The molecule has 2 aromatic carbocycles. The summed E-state index contributed by atoms with van der Waals surface area (Å²) in [7, 11) is 0. The van der Waals surface area contributed by atoms with Crippen LogP contribution in [-0.4, -0.2) is 17.2 Å². The van der Waals surface area contributed by atoms with Crippen molar-refractivity contribution in [3.8, 4) is 5.75 Å². The number of phenolic OH excluding ortho intramolecular Hbond substituents is 1. The number of nitrogens with zero attached hydrogens (tertiary/aromatic N) is 1. The monoisotopic (exact) mass is 282 g/mol. The molecule has 0 aliphatic carbocycles. The van der Waals surface area contributed by atoms with Gasteiger partial charge in [0, 0.05) is 0 Å². The van der Waals surface area contributed by atoms with Crippen LogP contribution in [0.4, 0.5) is 0 Å². The van der Waals surface area contributed by atoms with Crippen molar-refractivity contribution in [3.63, 3.8) is 0 Å². The fourth-order valence-corrected chi connectivity index (χ4v) is 2.06. The summed E-state index contributed by atoms with van der Waals surface area (Å²) in [4.78, 5) is 11.7. The molecule has 0 aromatic heterocycles. The summed E-state index contributed by atoms with van der Waals surface area (Å²) in [5.41, 5.74) is 5.85. The van der Waals surface area contributed by atoms with Crippen molar-refractivity contribution in [2.45, 2.75) is 20.3 Å². The molecule has 1 amide bonds. The van der Waals surface area contributed by atoms with Gasteiger partial charge in [-0.3, -0.25) is 4.79 Å². The lowest BCUT2D eigenvalue weighted by Crippen LogP contribution is -2.19. The van der Waals surface area contributed by atoms with E-state index in [1.165, 1.54) is 0 Å². The molecule has 0 aliphatic heterocycles. The Morgan fingerprint density at radius 1 is 1.19 bits per heavy atom. The summed E-state index contributed by atoms with van der Waals surface area (Å²) < 4.78 is 0. The van der Waals surface area contributed by atoms with Crippen molar-refractivity contribution < 1.29 is 9.90 Å². The third kappa shape index (κ3) is 4.18. The van der Waals surface area contributed by atoms with Crippen molar-refractivity contribution in [2.24, 2.45) is 5.10 Å². The number of phenols is 1. The first-order chi connectivity index (χ1) is 10.1. The molecular weight excluding hydrogens is 264 g/mol. The van der Waals surface area contributed by atoms with Crippen molar-refractivity contribution in [2.75, 3.05) is 0 Å². The Morgan fingerprint density at radius 2 is 1.81 bits per heavy atom. The fraction of sp³-hybridized carbons (Fsp3) is 0.176. The van der Waals surface area contributed by atoms with Gasteiger partial charge in [-0.2, -0.15) is 5.10 Å². The first-order valence-corrected chi connectivity index (χ1v) is 6.72. The highest BCUT2D eigenvalue weighted by molar-refractivity contribution is 5.84. The average molecular weight is 282 g/mol. The number of carbonyl (C=O) groups is 1. The van der Waals surface area contributed by atoms with Gasteiger partial charge in [-0.25, -0.2) is 5.43 Å². The number of rotatable bonds is 4. The molecule has 0 aliphatic rings. The minimum absolute atomic E-state index is 0.162. The number of aryl methyl sites for hydroxylation is 2. The normalized spacial score (nSPS) is 10.8. The highest BCUT2D eigenvalue weighted by Gasteiger charge is 2.03. The molecule has 2 aromatic rings. The van der Waals surface area contributed by atoms with Gasteiger partial charge in [0.1, 0.15) is 5.75 Å². The third-order valence-electron chi connectivity index (χ3n) is 3.12. The van der Waals surface area contributed by atoms with Crippen molar-refractivity contribution in [3.05, 3.63) is 64.7 Å². The van der Waals surface area contributed by atoms with Gasteiger partial charge in [-0.15, -0.1) is 0 Å². The van der Waals surface area contributed by atoms with Crippen LogP contribution in [0.5, 0.6) is 5.75 Å². The van der Waals surface area contributed by atoms with Gasteiger partial charge in [-0.1, -0.05) is 30.3 Å². The third-order valence-corrected chi connectivity index (χ3v) is 3.12. The molecule has 21 heavy (non-hydrogen) atoms. The Bertz CT molecular complexity index is 641. The number of nitrogens with one attached hydrogen (secondary N) is 1. The van der Waals surface area contributed by atoms with Gasteiger partial charge < -0.3 is 5.11 Å².